The third-order valence-corrected chi connectivity index (χ3v) is 2.32. The number of carbonyl (C=O) groups excluding carboxylic acids is 1. The van der Waals surface area contributed by atoms with Crippen LogP contribution in [0.4, 0.5) is 10.7 Å². The van der Waals surface area contributed by atoms with Crippen LogP contribution in [0.1, 0.15) is 11.4 Å². The maximum atomic E-state index is 11.6. The van der Waals surface area contributed by atoms with E-state index in [9.17, 15) is 4.79 Å². The van der Waals surface area contributed by atoms with Crippen molar-refractivity contribution < 1.29 is 19.7 Å². The lowest BCUT2D eigenvalue weighted by Gasteiger charge is -2.07. The van der Waals surface area contributed by atoms with E-state index in [1.54, 1.807) is 30.3 Å². The van der Waals surface area contributed by atoms with Crippen LogP contribution >= 0.6 is 0 Å². The van der Waals surface area contributed by atoms with E-state index in [0.29, 0.717) is 17.1 Å². The van der Waals surface area contributed by atoms with Gasteiger partial charge in [-0.1, -0.05) is 18.2 Å². The highest BCUT2D eigenvalue weighted by Gasteiger charge is 2.09. The Hall–Kier alpha value is -2.51. The van der Waals surface area contributed by atoms with E-state index in [1.807, 2.05) is 0 Å². The van der Waals surface area contributed by atoms with Crippen molar-refractivity contribution in [1.82, 2.24) is 9.97 Å². The number of amides is 1. The summed E-state index contributed by atoms with van der Waals surface area (Å²) in [5.74, 6) is 0.340. The van der Waals surface area contributed by atoms with Crippen LogP contribution in [0.15, 0.2) is 36.4 Å². The molecule has 2 aromatic rings. The lowest BCUT2D eigenvalue weighted by Crippen LogP contribution is -2.19. The predicted octanol–water partition coefficient (Wildman–Crippen LogP) is 1.07. The Kier molecular flexibility index (Phi) is 4.59. The number of nitrogens with one attached hydrogen (secondary N) is 1. The average Bonchev–Trinajstić information content (AvgIpc) is 2.47. The third-order valence-electron chi connectivity index (χ3n) is 2.32. The van der Waals surface area contributed by atoms with E-state index in [4.69, 9.17) is 14.9 Å². The van der Waals surface area contributed by atoms with Crippen molar-refractivity contribution in [2.75, 3.05) is 5.32 Å². The molecule has 0 aliphatic heterocycles. The molecule has 0 saturated heterocycles. The molecule has 0 aliphatic carbocycles. The zero-order valence-electron chi connectivity index (χ0n) is 10.5. The van der Waals surface area contributed by atoms with Crippen LogP contribution in [0, 0.1) is 0 Å². The van der Waals surface area contributed by atoms with Crippen molar-refractivity contribution in [2.45, 2.75) is 13.2 Å². The van der Waals surface area contributed by atoms with E-state index < -0.39 is 6.09 Å². The van der Waals surface area contributed by atoms with Crippen molar-refractivity contribution in [2.24, 2.45) is 0 Å². The Bertz CT molecular complexity index is 567. The van der Waals surface area contributed by atoms with Crippen molar-refractivity contribution in [3.8, 4) is 5.75 Å². The fourth-order valence-corrected chi connectivity index (χ4v) is 1.48. The summed E-state index contributed by atoms with van der Waals surface area (Å²) in [5, 5.41) is 20.4. The van der Waals surface area contributed by atoms with Crippen LogP contribution in [0.2, 0.25) is 0 Å². The first-order valence-corrected chi connectivity index (χ1v) is 5.83. The standard InChI is InChI=1S/C13H13N3O4/c17-7-9-6-10(8-18)15-12(14-9)16-13(19)20-11-4-2-1-3-5-11/h1-6,17-18H,7-8H2,(H,14,15,16,19). The van der Waals surface area contributed by atoms with E-state index in [1.165, 1.54) is 6.07 Å². The highest BCUT2D eigenvalue weighted by atomic mass is 16.6. The largest absolute Gasteiger partial charge is 0.419 e. The van der Waals surface area contributed by atoms with Gasteiger partial charge in [-0.3, -0.25) is 5.32 Å². The molecular weight excluding hydrogens is 262 g/mol. The molecule has 1 aromatic heterocycles. The van der Waals surface area contributed by atoms with Gasteiger partial charge in [0.1, 0.15) is 5.75 Å². The van der Waals surface area contributed by atoms with Gasteiger partial charge >= 0.3 is 6.09 Å². The van der Waals surface area contributed by atoms with Gasteiger partial charge in [-0.15, -0.1) is 0 Å². The minimum Gasteiger partial charge on any atom is -0.410 e. The molecule has 1 heterocycles. The number of aliphatic hydroxyl groups is 2. The molecule has 2 rings (SSSR count). The van der Waals surface area contributed by atoms with E-state index in [2.05, 4.69) is 15.3 Å². The van der Waals surface area contributed by atoms with Crippen LogP contribution < -0.4 is 10.1 Å². The number of aliphatic hydroxyl groups excluding tert-OH is 2. The van der Waals surface area contributed by atoms with Gasteiger partial charge in [0.15, 0.2) is 0 Å². The summed E-state index contributed by atoms with van der Waals surface area (Å²) in [6, 6.07) is 9.96. The van der Waals surface area contributed by atoms with Gasteiger partial charge in [-0.05, 0) is 18.2 Å². The average molecular weight is 275 g/mol. The molecule has 7 heteroatoms. The topological polar surface area (TPSA) is 105 Å². The molecule has 3 N–H and O–H groups in total. The van der Waals surface area contributed by atoms with Gasteiger partial charge in [0, 0.05) is 0 Å². The van der Waals surface area contributed by atoms with Crippen LogP contribution in [-0.2, 0) is 13.2 Å². The molecule has 20 heavy (non-hydrogen) atoms. The number of rotatable bonds is 4. The first-order valence-electron chi connectivity index (χ1n) is 5.83. The summed E-state index contributed by atoms with van der Waals surface area (Å²) < 4.78 is 5.01. The van der Waals surface area contributed by atoms with Gasteiger partial charge in [0.05, 0.1) is 24.6 Å². The molecule has 1 aromatic carbocycles. The molecule has 0 aliphatic rings. The lowest BCUT2D eigenvalue weighted by atomic mass is 10.3. The molecule has 0 atom stereocenters. The quantitative estimate of drug-likeness (QED) is 0.771. The second-order valence-corrected chi connectivity index (χ2v) is 3.82. The third kappa shape index (κ3) is 3.74. The zero-order chi connectivity index (χ0) is 14.4. The molecule has 1 amide bonds. The summed E-state index contributed by atoms with van der Waals surface area (Å²) >= 11 is 0. The van der Waals surface area contributed by atoms with Gasteiger partial charge < -0.3 is 14.9 Å². The molecule has 0 unspecified atom stereocenters. The SMILES string of the molecule is O=C(Nc1nc(CO)cc(CO)n1)Oc1ccccc1. The maximum absolute atomic E-state index is 11.6. The molecule has 0 radical (unpaired) electrons. The summed E-state index contributed by atoms with van der Waals surface area (Å²) in [6.45, 7) is -0.643. The van der Waals surface area contributed by atoms with Crippen molar-refractivity contribution in [3.05, 3.63) is 47.8 Å². The lowest BCUT2D eigenvalue weighted by molar-refractivity contribution is 0.215. The first kappa shape index (κ1) is 13.9. The number of anilines is 1. The fraction of sp³-hybridized carbons (Fsp3) is 0.154. The van der Waals surface area contributed by atoms with Crippen LogP contribution in [-0.4, -0.2) is 26.3 Å². The van der Waals surface area contributed by atoms with E-state index in [0.717, 1.165) is 0 Å². The van der Waals surface area contributed by atoms with Crippen LogP contribution in [0.3, 0.4) is 0 Å². The molecule has 7 nitrogen and oxygen atoms in total. The normalized spacial score (nSPS) is 10.1. The number of benzene rings is 1. The second kappa shape index (κ2) is 6.60. The maximum Gasteiger partial charge on any atom is 0.419 e. The molecule has 104 valence electrons. The Morgan fingerprint density at radius 3 is 2.25 bits per heavy atom. The Labute approximate surface area is 114 Å². The zero-order valence-corrected chi connectivity index (χ0v) is 10.5. The number of ether oxygens (including phenoxy) is 1. The number of aromatic nitrogens is 2. The van der Waals surface area contributed by atoms with Crippen molar-refractivity contribution in [3.63, 3.8) is 0 Å². The van der Waals surface area contributed by atoms with Crippen molar-refractivity contribution >= 4 is 12.0 Å². The van der Waals surface area contributed by atoms with Crippen molar-refractivity contribution in [1.29, 1.82) is 0 Å². The molecule has 0 bridgehead atoms. The Morgan fingerprint density at radius 1 is 1.10 bits per heavy atom. The summed E-state index contributed by atoms with van der Waals surface area (Å²) in [4.78, 5) is 19.4. The van der Waals surface area contributed by atoms with Gasteiger partial charge in [0.25, 0.3) is 0 Å². The van der Waals surface area contributed by atoms with Gasteiger partial charge in [0.2, 0.25) is 5.95 Å². The van der Waals surface area contributed by atoms with Crippen LogP contribution in [0.5, 0.6) is 5.75 Å². The van der Waals surface area contributed by atoms with E-state index in [-0.39, 0.29) is 19.2 Å². The van der Waals surface area contributed by atoms with Gasteiger partial charge in [-0.25, -0.2) is 14.8 Å². The summed E-state index contributed by atoms with van der Waals surface area (Å²) in [7, 11) is 0. The molecule has 0 spiro atoms. The van der Waals surface area contributed by atoms with E-state index >= 15 is 0 Å². The van der Waals surface area contributed by atoms with Crippen LogP contribution in [0.25, 0.3) is 0 Å². The second-order valence-electron chi connectivity index (χ2n) is 3.82. The Balaban J connectivity index is 2.07. The fourth-order valence-electron chi connectivity index (χ4n) is 1.48. The number of nitrogens with zero attached hydrogens (tertiary/aromatic N) is 2. The number of hydrogen-bond donors (Lipinski definition) is 3. The van der Waals surface area contributed by atoms with Gasteiger partial charge in [-0.2, -0.15) is 0 Å². The smallest absolute Gasteiger partial charge is 0.410 e. The predicted molar refractivity (Wildman–Crippen MR) is 70.0 cm³/mol. The number of para-hydroxylation sites is 1. The monoisotopic (exact) mass is 275 g/mol. The molecule has 0 saturated carbocycles. The molecule has 0 fully saturated rings. The highest BCUT2D eigenvalue weighted by molar-refractivity contribution is 5.84. The first-order chi connectivity index (χ1) is 9.71. The number of hydrogen-bond acceptors (Lipinski definition) is 6. The highest BCUT2D eigenvalue weighted by Crippen LogP contribution is 2.10. The number of carbonyl (C=O) groups is 1. The summed E-state index contributed by atoms with van der Waals surface area (Å²) in [6.07, 6.45) is -0.754. The Morgan fingerprint density at radius 2 is 1.70 bits per heavy atom. The minimum absolute atomic E-state index is 0.0402. The molecular formula is C13H13N3O4. The minimum atomic E-state index is -0.754. The summed E-state index contributed by atoms with van der Waals surface area (Å²) in [5.41, 5.74) is 0.582.